The zero-order chi connectivity index (χ0) is 15.2. The molecule has 9 nitrogen and oxygen atoms in total. The number of rotatable bonds is 5. The van der Waals surface area contributed by atoms with E-state index >= 15 is 0 Å². The van der Waals surface area contributed by atoms with Crippen LogP contribution in [0, 0.1) is 0 Å². The average Bonchev–Trinajstić information content (AvgIpc) is 2.54. The molecule has 0 fully saturated rings. The lowest BCUT2D eigenvalue weighted by atomic mass is 10.2. The highest BCUT2D eigenvalue weighted by Crippen LogP contribution is 2.19. The summed E-state index contributed by atoms with van der Waals surface area (Å²) < 4.78 is 10.0. The smallest absolute Gasteiger partial charge is 0.260 e. The summed E-state index contributed by atoms with van der Waals surface area (Å²) in [6.07, 6.45) is 2.91. The molecule has 0 spiro atoms. The zero-order valence-electron chi connectivity index (χ0n) is 11.5. The third-order valence-electron chi connectivity index (χ3n) is 2.54. The first-order chi connectivity index (χ1) is 10.2. The molecule has 2 aromatic heterocycles. The minimum absolute atomic E-state index is 0.0518. The third kappa shape index (κ3) is 3.34. The van der Waals surface area contributed by atoms with Crippen LogP contribution in [-0.4, -0.2) is 35.1 Å². The van der Waals surface area contributed by atoms with E-state index in [1.54, 1.807) is 0 Å². The van der Waals surface area contributed by atoms with Gasteiger partial charge in [0.2, 0.25) is 17.7 Å². The number of hydrogen-bond acceptors (Lipinski definition) is 8. The lowest BCUT2D eigenvalue weighted by Crippen LogP contribution is -2.18. The molecule has 0 atom stereocenters. The van der Waals surface area contributed by atoms with Gasteiger partial charge in [0, 0.05) is 6.20 Å². The number of carbonyl (C=O) groups excluding carboxylic acids is 1. The van der Waals surface area contributed by atoms with Crippen molar-refractivity contribution < 1.29 is 14.3 Å². The first-order valence-corrected chi connectivity index (χ1v) is 5.87. The van der Waals surface area contributed by atoms with Gasteiger partial charge >= 0.3 is 0 Å². The summed E-state index contributed by atoms with van der Waals surface area (Å²) >= 11 is 0. The Labute approximate surface area is 120 Å². The van der Waals surface area contributed by atoms with Crippen LogP contribution in [-0.2, 0) is 0 Å². The number of hydrazine groups is 1. The van der Waals surface area contributed by atoms with Crippen molar-refractivity contribution in [2.45, 2.75) is 0 Å². The van der Waals surface area contributed by atoms with E-state index in [-0.39, 0.29) is 17.7 Å². The van der Waals surface area contributed by atoms with Crippen LogP contribution >= 0.6 is 0 Å². The van der Waals surface area contributed by atoms with Crippen LogP contribution in [0.1, 0.15) is 10.4 Å². The third-order valence-corrected chi connectivity index (χ3v) is 2.54. The highest BCUT2D eigenvalue weighted by Gasteiger charge is 2.14. The van der Waals surface area contributed by atoms with E-state index in [2.05, 4.69) is 25.7 Å². The topological polar surface area (TPSA) is 124 Å². The summed E-state index contributed by atoms with van der Waals surface area (Å²) in [4.78, 5) is 24.1. The fraction of sp³-hybridized carbons (Fsp3) is 0.167. The predicted octanol–water partition coefficient (Wildman–Crippen LogP) is 0.427. The van der Waals surface area contributed by atoms with E-state index in [0.717, 1.165) is 0 Å². The molecule has 9 heteroatoms. The maximum absolute atomic E-state index is 12.2. The maximum atomic E-state index is 12.2. The van der Waals surface area contributed by atoms with Gasteiger partial charge in [-0.15, -0.1) is 0 Å². The second-order valence-electron chi connectivity index (χ2n) is 3.80. The number of pyridine rings is 1. The number of aromatic nitrogens is 3. The molecule has 2 heterocycles. The van der Waals surface area contributed by atoms with Crippen molar-refractivity contribution in [3.05, 3.63) is 30.1 Å². The monoisotopic (exact) mass is 290 g/mol. The van der Waals surface area contributed by atoms with E-state index in [1.807, 2.05) is 0 Å². The number of ether oxygens (including phenoxy) is 2. The van der Waals surface area contributed by atoms with Gasteiger partial charge in [-0.2, -0.15) is 9.97 Å². The van der Waals surface area contributed by atoms with E-state index in [0.29, 0.717) is 11.3 Å². The Morgan fingerprint density at radius 3 is 2.48 bits per heavy atom. The van der Waals surface area contributed by atoms with Crippen LogP contribution < -0.4 is 26.1 Å². The molecular weight excluding hydrogens is 276 g/mol. The van der Waals surface area contributed by atoms with Gasteiger partial charge in [0.15, 0.2) is 0 Å². The summed E-state index contributed by atoms with van der Waals surface area (Å²) in [5.74, 6) is 5.48. The van der Waals surface area contributed by atoms with Gasteiger partial charge in [0.05, 0.1) is 37.7 Å². The molecule has 110 valence electrons. The Kier molecular flexibility index (Phi) is 4.46. The summed E-state index contributed by atoms with van der Waals surface area (Å²) in [7, 11) is 2.90. The number of nitrogens with zero attached hydrogens (tertiary/aromatic N) is 3. The Morgan fingerprint density at radius 2 is 1.90 bits per heavy atom. The Hall–Kier alpha value is -2.94. The van der Waals surface area contributed by atoms with E-state index in [9.17, 15) is 4.79 Å². The van der Waals surface area contributed by atoms with Gasteiger partial charge in [0.1, 0.15) is 0 Å². The van der Waals surface area contributed by atoms with Crippen LogP contribution in [0.4, 0.5) is 11.6 Å². The minimum atomic E-state index is -0.444. The van der Waals surface area contributed by atoms with Crippen LogP contribution in [0.25, 0.3) is 0 Å². The van der Waals surface area contributed by atoms with Gasteiger partial charge in [-0.25, -0.2) is 0 Å². The van der Waals surface area contributed by atoms with Crippen LogP contribution in [0.3, 0.4) is 0 Å². The van der Waals surface area contributed by atoms with Crippen molar-refractivity contribution >= 4 is 17.5 Å². The highest BCUT2D eigenvalue weighted by molar-refractivity contribution is 6.07. The molecule has 0 radical (unpaired) electrons. The first kappa shape index (κ1) is 14.5. The number of methoxy groups -OCH3 is 2. The average molecular weight is 290 g/mol. The van der Waals surface area contributed by atoms with Crippen molar-refractivity contribution in [3.8, 4) is 11.8 Å². The summed E-state index contributed by atoms with van der Waals surface area (Å²) in [5, 5.41) is 2.54. The number of nitrogen functional groups attached to an aromatic ring is 1. The molecule has 0 unspecified atom stereocenters. The molecule has 0 saturated carbocycles. The molecule has 0 aliphatic rings. The molecule has 2 rings (SSSR count). The van der Waals surface area contributed by atoms with Crippen LogP contribution in [0.5, 0.6) is 11.8 Å². The van der Waals surface area contributed by atoms with Crippen molar-refractivity contribution in [3.63, 3.8) is 0 Å². The summed E-state index contributed by atoms with van der Waals surface area (Å²) in [5.41, 5.74) is 3.08. The fourth-order valence-electron chi connectivity index (χ4n) is 1.55. The quantitative estimate of drug-likeness (QED) is 0.534. The molecule has 1 amide bonds. The molecular formula is C12H14N6O3. The van der Waals surface area contributed by atoms with E-state index in [1.165, 1.54) is 38.7 Å². The lowest BCUT2D eigenvalue weighted by molar-refractivity contribution is 0.102. The molecule has 0 aliphatic heterocycles. The van der Waals surface area contributed by atoms with E-state index < -0.39 is 5.91 Å². The molecule has 2 aromatic rings. The van der Waals surface area contributed by atoms with Crippen molar-refractivity contribution in [1.29, 1.82) is 0 Å². The number of nitrogens with two attached hydrogens (primary N) is 1. The predicted molar refractivity (Wildman–Crippen MR) is 75.1 cm³/mol. The van der Waals surface area contributed by atoms with Crippen LogP contribution in [0.2, 0.25) is 0 Å². The first-order valence-electron chi connectivity index (χ1n) is 5.87. The summed E-state index contributed by atoms with van der Waals surface area (Å²) in [6.45, 7) is 0. The Bertz CT molecular complexity index is 626. The SMILES string of the molecule is COc1cc(OC)nc(NC(=O)c2ccncc2NN)n1. The normalized spacial score (nSPS) is 9.86. The lowest BCUT2D eigenvalue weighted by Gasteiger charge is -2.09. The number of carbonyl (C=O) groups is 1. The van der Waals surface area contributed by atoms with Gasteiger partial charge in [-0.1, -0.05) is 0 Å². The van der Waals surface area contributed by atoms with Crippen LogP contribution in [0.15, 0.2) is 24.5 Å². The number of anilines is 2. The molecule has 0 bridgehead atoms. The molecule has 4 N–H and O–H groups in total. The second-order valence-corrected chi connectivity index (χ2v) is 3.80. The van der Waals surface area contributed by atoms with Gasteiger partial charge in [0.25, 0.3) is 5.91 Å². The second kappa shape index (κ2) is 6.48. The highest BCUT2D eigenvalue weighted by atomic mass is 16.5. The Balaban J connectivity index is 2.27. The molecule has 0 aromatic carbocycles. The van der Waals surface area contributed by atoms with E-state index in [4.69, 9.17) is 15.3 Å². The van der Waals surface area contributed by atoms with Crippen molar-refractivity contribution in [1.82, 2.24) is 15.0 Å². The minimum Gasteiger partial charge on any atom is -0.481 e. The number of hydrogen-bond donors (Lipinski definition) is 3. The van der Waals surface area contributed by atoms with Gasteiger partial charge in [-0.3, -0.25) is 20.9 Å². The van der Waals surface area contributed by atoms with Gasteiger partial charge < -0.3 is 14.9 Å². The number of amides is 1. The zero-order valence-corrected chi connectivity index (χ0v) is 11.5. The molecule has 0 aliphatic carbocycles. The standard InChI is InChI=1S/C12H14N6O3/c1-20-9-5-10(21-2)16-12(15-9)17-11(19)7-3-4-14-6-8(7)18-13/h3-6,18H,13H2,1-2H3,(H,15,16,17,19). The largest absolute Gasteiger partial charge is 0.481 e. The molecule has 0 saturated heterocycles. The van der Waals surface area contributed by atoms with Crippen molar-refractivity contribution in [2.75, 3.05) is 25.0 Å². The van der Waals surface area contributed by atoms with Gasteiger partial charge in [-0.05, 0) is 6.07 Å². The maximum Gasteiger partial charge on any atom is 0.260 e. The van der Waals surface area contributed by atoms with Crippen molar-refractivity contribution in [2.24, 2.45) is 5.84 Å². The number of nitrogens with one attached hydrogen (secondary N) is 2. The fourth-order valence-corrected chi connectivity index (χ4v) is 1.55. The summed E-state index contributed by atoms with van der Waals surface area (Å²) in [6, 6.07) is 3.01. The Morgan fingerprint density at radius 1 is 1.24 bits per heavy atom. The molecule has 21 heavy (non-hydrogen) atoms.